The maximum absolute atomic E-state index is 12.4. The standard InChI is InChI=1S/C19H20N2O3/c1-3-15(14-10-8-13(2)9-11-14)20-18(22)12-21-16-6-4-5-7-17(16)24-19(21)23/h4-11,15H,3,12H2,1-2H3,(H,20,22)/t15-/m0/s1. The van der Waals surface area contributed by atoms with E-state index in [1.165, 1.54) is 10.1 Å². The van der Waals surface area contributed by atoms with Crippen LogP contribution in [0, 0.1) is 6.92 Å². The van der Waals surface area contributed by atoms with Gasteiger partial charge in [-0.3, -0.25) is 9.36 Å². The molecule has 3 rings (SSSR count). The van der Waals surface area contributed by atoms with Gasteiger partial charge in [0.1, 0.15) is 6.54 Å². The highest BCUT2D eigenvalue weighted by Crippen LogP contribution is 2.17. The Kier molecular flexibility index (Phi) is 4.51. The highest BCUT2D eigenvalue weighted by Gasteiger charge is 2.16. The number of carbonyl (C=O) groups is 1. The number of aromatic nitrogens is 1. The molecule has 5 nitrogen and oxygen atoms in total. The maximum Gasteiger partial charge on any atom is 0.420 e. The second kappa shape index (κ2) is 6.74. The van der Waals surface area contributed by atoms with Crippen molar-refractivity contribution in [1.29, 1.82) is 0 Å². The van der Waals surface area contributed by atoms with E-state index in [0.717, 1.165) is 12.0 Å². The van der Waals surface area contributed by atoms with E-state index in [2.05, 4.69) is 5.32 Å². The topological polar surface area (TPSA) is 64.2 Å². The number of rotatable bonds is 5. The van der Waals surface area contributed by atoms with E-state index >= 15 is 0 Å². The van der Waals surface area contributed by atoms with Crippen molar-refractivity contribution in [3.63, 3.8) is 0 Å². The van der Waals surface area contributed by atoms with Gasteiger partial charge in [0, 0.05) is 0 Å². The van der Waals surface area contributed by atoms with Crippen molar-refractivity contribution in [1.82, 2.24) is 9.88 Å². The van der Waals surface area contributed by atoms with Crippen molar-refractivity contribution in [2.24, 2.45) is 0 Å². The molecule has 0 aliphatic rings. The molecule has 0 aliphatic carbocycles. The lowest BCUT2D eigenvalue weighted by Gasteiger charge is -2.17. The molecule has 24 heavy (non-hydrogen) atoms. The largest absolute Gasteiger partial charge is 0.420 e. The van der Waals surface area contributed by atoms with Crippen molar-refractivity contribution in [2.75, 3.05) is 0 Å². The minimum atomic E-state index is -0.519. The van der Waals surface area contributed by atoms with E-state index < -0.39 is 5.76 Å². The van der Waals surface area contributed by atoms with Crippen LogP contribution in [0.15, 0.2) is 57.7 Å². The molecule has 1 aromatic heterocycles. The van der Waals surface area contributed by atoms with E-state index in [9.17, 15) is 9.59 Å². The fraction of sp³-hybridized carbons (Fsp3) is 0.263. The van der Waals surface area contributed by atoms with Crippen molar-refractivity contribution >= 4 is 17.0 Å². The summed E-state index contributed by atoms with van der Waals surface area (Å²) in [4.78, 5) is 24.4. The summed E-state index contributed by atoms with van der Waals surface area (Å²) in [5, 5.41) is 2.99. The molecule has 0 bridgehead atoms. The predicted octanol–water partition coefficient (Wildman–Crippen LogP) is 3.17. The molecule has 2 aromatic carbocycles. The lowest BCUT2D eigenvalue weighted by molar-refractivity contribution is -0.122. The quantitative estimate of drug-likeness (QED) is 0.784. The number of fused-ring (bicyclic) bond motifs is 1. The molecular formula is C19H20N2O3. The van der Waals surface area contributed by atoms with Crippen LogP contribution in [-0.2, 0) is 11.3 Å². The normalized spacial score (nSPS) is 12.2. The van der Waals surface area contributed by atoms with E-state index in [1.54, 1.807) is 18.2 Å². The summed E-state index contributed by atoms with van der Waals surface area (Å²) in [5.41, 5.74) is 3.35. The number of nitrogens with one attached hydrogen (secondary N) is 1. The molecule has 124 valence electrons. The first-order valence-electron chi connectivity index (χ1n) is 8.02. The monoisotopic (exact) mass is 324 g/mol. The third kappa shape index (κ3) is 3.25. The summed E-state index contributed by atoms with van der Waals surface area (Å²) in [5.74, 6) is -0.731. The van der Waals surface area contributed by atoms with E-state index in [1.807, 2.05) is 44.2 Å². The Morgan fingerprint density at radius 2 is 1.88 bits per heavy atom. The number of carbonyl (C=O) groups excluding carboxylic acids is 1. The molecule has 1 heterocycles. The van der Waals surface area contributed by atoms with Gasteiger partial charge < -0.3 is 9.73 Å². The van der Waals surface area contributed by atoms with Gasteiger partial charge >= 0.3 is 5.76 Å². The molecule has 0 radical (unpaired) electrons. The number of hydrogen-bond acceptors (Lipinski definition) is 3. The molecule has 0 saturated heterocycles. The summed E-state index contributed by atoms with van der Waals surface area (Å²) in [6.07, 6.45) is 0.774. The van der Waals surface area contributed by atoms with Crippen LogP contribution < -0.4 is 11.1 Å². The fourth-order valence-electron chi connectivity index (χ4n) is 2.77. The average molecular weight is 324 g/mol. The molecular weight excluding hydrogens is 304 g/mol. The second-order valence-corrected chi connectivity index (χ2v) is 5.86. The predicted molar refractivity (Wildman–Crippen MR) is 92.8 cm³/mol. The molecule has 1 amide bonds. The first-order chi connectivity index (χ1) is 11.6. The number of hydrogen-bond donors (Lipinski definition) is 1. The molecule has 0 spiro atoms. The van der Waals surface area contributed by atoms with Gasteiger partial charge in [-0.25, -0.2) is 4.79 Å². The Bertz CT molecular complexity index is 906. The number of oxazole rings is 1. The van der Waals surface area contributed by atoms with Crippen LogP contribution in [-0.4, -0.2) is 10.5 Å². The minimum Gasteiger partial charge on any atom is -0.408 e. The number of amides is 1. The first-order valence-corrected chi connectivity index (χ1v) is 8.02. The van der Waals surface area contributed by atoms with Gasteiger partial charge in [0.05, 0.1) is 11.6 Å². The first kappa shape index (κ1) is 16.1. The third-order valence-corrected chi connectivity index (χ3v) is 4.10. The van der Waals surface area contributed by atoms with Gasteiger partial charge in [0.2, 0.25) is 5.91 Å². The van der Waals surface area contributed by atoms with Crippen molar-refractivity contribution in [3.05, 3.63) is 70.2 Å². The summed E-state index contributed by atoms with van der Waals surface area (Å²) in [7, 11) is 0. The summed E-state index contributed by atoms with van der Waals surface area (Å²) in [6, 6.07) is 15.1. The number of para-hydroxylation sites is 2. The van der Waals surface area contributed by atoms with Crippen LogP contribution in [0.4, 0.5) is 0 Å². The SMILES string of the molecule is CC[C@H](NC(=O)Cn1c(=O)oc2ccccc21)c1ccc(C)cc1. The van der Waals surface area contributed by atoms with Crippen LogP contribution in [0.25, 0.3) is 11.1 Å². The molecule has 0 fully saturated rings. The van der Waals surface area contributed by atoms with Crippen molar-refractivity contribution in [2.45, 2.75) is 32.9 Å². The van der Waals surface area contributed by atoms with Crippen molar-refractivity contribution in [3.8, 4) is 0 Å². The van der Waals surface area contributed by atoms with Gasteiger partial charge in [-0.1, -0.05) is 48.9 Å². The molecule has 5 heteroatoms. The zero-order valence-electron chi connectivity index (χ0n) is 13.8. The molecule has 3 aromatic rings. The Balaban J connectivity index is 1.77. The van der Waals surface area contributed by atoms with Crippen LogP contribution in [0.1, 0.15) is 30.5 Å². The highest BCUT2D eigenvalue weighted by atomic mass is 16.4. The smallest absolute Gasteiger partial charge is 0.408 e. The Morgan fingerprint density at radius 3 is 2.58 bits per heavy atom. The summed E-state index contributed by atoms with van der Waals surface area (Å²) in [6.45, 7) is 3.99. The van der Waals surface area contributed by atoms with Crippen LogP contribution >= 0.6 is 0 Å². The van der Waals surface area contributed by atoms with Crippen molar-refractivity contribution < 1.29 is 9.21 Å². The Labute approximate surface area is 139 Å². The Morgan fingerprint density at radius 1 is 1.17 bits per heavy atom. The lowest BCUT2D eigenvalue weighted by atomic mass is 10.0. The second-order valence-electron chi connectivity index (χ2n) is 5.86. The number of aryl methyl sites for hydroxylation is 1. The summed E-state index contributed by atoms with van der Waals surface area (Å²) >= 11 is 0. The zero-order valence-corrected chi connectivity index (χ0v) is 13.8. The van der Waals surface area contributed by atoms with Crippen LogP contribution in [0.2, 0.25) is 0 Å². The van der Waals surface area contributed by atoms with E-state index in [4.69, 9.17) is 4.42 Å². The lowest BCUT2D eigenvalue weighted by Crippen LogP contribution is -2.33. The zero-order chi connectivity index (χ0) is 17.1. The highest BCUT2D eigenvalue weighted by molar-refractivity contribution is 5.79. The van der Waals surface area contributed by atoms with Gasteiger partial charge in [0.15, 0.2) is 5.58 Å². The number of nitrogens with zero attached hydrogens (tertiary/aromatic N) is 1. The van der Waals surface area contributed by atoms with E-state index in [0.29, 0.717) is 11.1 Å². The van der Waals surface area contributed by atoms with Gasteiger partial charge in [-0.2, -0.15) is 0 Å². The van der Waals surface area contributed by atoms with E-state index in [-0.39, 0.29) is 18.5 Å². The molecule has 0 aliphatic heterocycles. The molecule has 1 N–H and O–H groups in total. The number of benzene rings is 2. The fourth-order valence-corrected chi connectivity index (χ4v) is 2.77. The molecule has 0 unspecified atom stereocenters. The summed E-state index contributed by atoms with van der Waals surface area (Å²) < 4.78 is 6.51. The Hall–Kier alpha value is -2.82. The molecule has 1 atom stereocenters. The maximum atomic E-state index is 12.4. The molecule has 0 saturated carbocycles. The third-order valence-electron chi connectivity index (χ3n) is 4.10. The van der Waals surface area contributed by atoms with Crippen LogP contribution in [0.3, 0.4) is 0 Å². The average Bonchev–Trinajstić information content (AvgIpc) is 2.89. The van der Waals surface area contributed by atoms with Gasteiger partial charge in [-0.05, 0) is 31.0 Å². The minimum absolute atomic E-state index is 0.0573. The van der Waals surface area contributed by atoms with Gasteiger partial charge in [0.25, 0.3) is 0 Å². The van der Waals surface area contributed by atoms with Gasteiger partial charge in [-0.15, -0.1) is 0 Å². The van der Waals surface area contributed by atoms with Crippen LogP contribution in [0.5, 0.6) is 0 Å².